The van der Waals surface area contributed by atoms with Crippen LogP contribution in [-0.2, 0) is 6.42 Å². The lowest BCUT2D eigenvalue weighted by Crippen LogP contribution is -1.99. The summed E-state index contributed by atoms with van der Waals surface area (Å²) in [7, 11) is 0. The molecule has 0 aromatic carbocycles. The summed E-state index contributed by atoms with van der Waals surface area (Å²) in [4.78, 5) is 1.30. The first-order valence-electron chi connectivity index (χ1n) is 5.71. The Bertz CT molecular complexity index is 498. The lowest BCUT2D eigenvalue weighted by atomic mass is 10.1. The van der Waals surface area contributed by atoms with Crippen LogP contribution < -0.4 is 5.32 Å². The molecule has 0 atom stereocenters. The van der Waals surface area contributed by atoms with Crippen molar-refractivity contribution in [2.45, 2.75) is 26.2 Å². The number of hydrogen-bond acceptors (Lipinski definition) is 3. The van der Waals surface area contributed by atoms with Crippen molar-refractivity contribution in [3.05, 3.63) is 22.6 Å². The Labute approximate surface area is 98.9 Å². The van der Waals surface area contributed by atoms with Crippen molar-refractivity contribution in [1.29, 1.82) is 0 Å². The van der Waals surface area contributed by atoms with E-state index in [1.165, 1.54) is 34.5 Å². The van der Waals surface area contributed by atoms with Crippen LogP contribution in [0.15, 0.2) is 11.4 Å². The lowest BCUT2D eigenvalue weighted by molar-refractivity contribution is 0.784. The summed E-state index contributed by atoms with van der Waals surface area (Å²) < 4.78 is 0. The molecule has 3 heterocycles. The predicted octanol–water partition coefficient (Wildman–Crippen LogP) is 3.19. The summed E-state index contributed by atoms with van der Waals surface area (Å²) in [5.74, 6) is 1.05. The number of rotatable bonds is 1. The first-order valence-corrected chi connectivity index (χ1v) is 6.59. The molecule has 0 aliphatic carbocycles. The summed E-state index contributed by atoms with van der Waals surface area (Å²) >= 11 is 1.79. The molecule has 16 heavy (non-hydrogen) atoms. The minimum Gasteiger partial charge on any atom is -0.368 e. The van der Waals surface area contributed by atoms with E-state index in [0.717, 1.165) is 18.8 Å². The average Bonchev–Trinajstić information content (AvgIpc) is 2.79. The SMILES string of the molecule is Cc1csc(-c2[nH]nc3c2CCCCN3)c1. The normalized spacial score (nSPS) is 15.3. The highest BCUT2D eigenvalue weighted by molar-refractivity contribution is 7.13. The van der Waals surface area contributed by atoms with Gasteiger partial charge in [-0.15, -0.1) is 11.3 Å². The third-order valence-corrected chi connectivity index (χ3v) is 4.06. The van der Waals surface area contributed by atoms with Gasteiger partial charge in [-0.1, -0.05) is 0 Å². The van der Waals surface area contributed by atoms with E-state index in [2.05, 4.69) is 33.9 Å². The van der Waals surface area contributed by atoms with Crippen molar-refractivity contribution in [2.75, 3.05) is 11.9 Å². The maximum Gasteiger partial charge on any atom is 0.151 e. The fourth-order valence-corrected chi connectivity index (χ4v) is 3.08. The second-order valence-electron chi connectivity index (χ2n) is 4.30. The van der Waals surface area contributed by atoms with Gasteiger partial charge < -0.3 is 5.32 Å². The fraction of sp³-hybridized carbons (Fsp3) is 0.417. The van der Waals surface area contributed by atoms with E-state index in [9.17, 15) is 0 Å². The number of aromatic nitrogens is 2. The molecule has 3 rings (SSSR count). The number of H-pyrrole nitrogens is 1. The Hall–Kier alpha value is -1.29. The number of aromatic amines is 1. The molecule has 0 saturated carbocycles. The van der Waals surface area contributed by atoms with Crippen molar-refractivity contribution in [2.24, 2.45) is 0 Å². The quantitative estimate of drug-likeness (QED) is 0.794. The van der Waals surface area contributed by atoms with Gasteiger partial charge in [-0.3, -0.25) is 5.10 Å². The maximum atomic E-state index is 4.37. The largest absolute Gasteiger partial charge is 0.368 e. The van der Waals surface area contributed by atoms with E-state index in [1.807, 2.05) is 0 Å². The minimum absolute atomic E-state index is 1.04. The van der Waals surface area contributed by atoms with E-state index >= 15 is 0 Å². The van der Waals surface area contributed by atoms with Crippen LogP contribution >= 0.6 is 11.3 Å². The number of nitrogens with one attached hydrogen (secondary N) is 2. The summed E-state index contributed by atoms with van der Waals surface area (Å²) in [6.45, 7) is 3.17. The highest BCUT2D eigenvalue weighted by Crippen LogP contribution is 2.33. The maximum absolute atomic E-state index is 4.37. The van der Waals surface area contributed by atoms with Crippen molar-refractivity contribution in [3.8, 4) is 10.6 Å². The first kappa shape index (κ1) is 9.90. The second kappa shape index (κ2) is 3.94. The Morgan fingerprint density at radius 1 is 1.38 bits per heavy atom. The van der Waals surface area contributed by atoms with Gasteiger partial charge in [-0.05, 0) is 43.2 Å². The van der Waals surface area contributed by atoms with E-state index < -0.39 is 0 Å². The Morgan fingerprint density at radius 2 is 2.31 bits per heavy atom. The molecule has 0 unspecified atom stereocenters. The molecule has 3 nitrogen and oxygen atoms in total. The number of nitrogens with zero attached hydrogens (tertiary/aromatic N) is 1. The van der Waals surface area contributed by atoms with Crippen LogP contribution in [-0.4, -0.2) is 16.7 Å². The van der Waals surface area contributed by atoms with E-state index in [1.54, 1.807) is 11.3 Å². The van der Waals surface area contributed by atoms with Gasteiger partial charge in [0, 0.05) is 12.1 Å². The van der Waals surface area contributed by atoms with Gasteiger partial charge in [0.2, 0.25) is 0 Å². The van der Waals surface area contributed by atoms with Gasteiger partial charge in [0.05, 0.1) is 10.6 Å². The molecule has 0 radical (unpaired) electrons. The van der Waals surface area contributed by atoms with E-state index in [0.29, 0.717) is 0 Å². The standard InChI is InChI=1S/C12H15N3S/c1-8-6-10(16-7-8)11-9-4-2-3-5-13-12(9)15-14-11/h6-7H,2-5H2,1H3,(H2,13,14,15). The van der Waals surface area contributed by atoms with Crippen LogP contribution in [0.2, 0.25) is 0 Å². The molecule has 2 N–H and O–H groups in total. The Kier molecular flexibility index (Phi) is 2.44. The number of aryl methyl sites for hydroxylation is 1. The zero-order chi connectivity index (χ0) is 11.0. The van der Waals surface area contributed by atoms with Crippen LogP contribution in [0.5, 0.6) is 0 Å². The zero-order valence-electron chi connectivity index (χ0n) is 9.34. The molecular formula is C12H15N3S. The molecule has 0 saturated heterocycles. The third kappa shape index (κ3) is 1.63. The van der Waals surface area contributed by atoms with Crippen LogP contribution in [0.25, 0.3) is 10.6 Å². The Balaban J connectivity index is 2.05. The molecule has 0 amide bonds. The van der Waals surface area contributed by atoms with Crippen LogP contribution in [0.1, 0.15) is 24.0 Å². The molecule has 0 bridgehead atoms. The number of hydrogen-bond donors (Lipinski definition) is 2. The van der Waals surface area contributed by atoms with Gasteiger partial charge in [0.1, 0.15) is 0 Å². The van der Waals surface area contributed by atoms with Crippen molar-refractivity contribution in [1.82, 2.24) is 10.2 Å². The summed E-state index contributed by atoms with van der Waals surface area (Å²) in [6, 6.07) is 2.23. The molecule has 2 aromatic rings. The third-order valence-electron chi connectivity index (χ3n) is 2.99. The fourth-order valence-electron chi connectivity index (χ4n) is 2.15. The molecule has 1 aliphatic heterocycles. The monoisotopic (exact) mass is 233 g/mol. The molecule has 0 fully saturated rings. The van der Waals surface area contributed by atoms with E-state index in [4.69, 9.17) is 0 Å². The molecule has 4 heteroatoms. The van der Waals surface area contributed by atoms with Crippen molar-refractivity contribution >= 4 is 17.2 Å². The smallest absolute Gasteiger partial charge is 0.151 e. The van der Waals surface area contributed by atoms with Crippen molar-refractivity contribution in [3.63, 3.8) is 0 Å². The second-order valence-corrected chi connectivity index (χ2v) is 5.21. The molecule has 1 aliphatic rings. The zero-order valence-corrected chi connectivity index (χ0v) is 10.2. The number of thiophene rings is 1. The lowest BCUT2D eigenvalue weighted by Gasteiger charge is -1.99. The molecular weight excluding hydrogens is 218 g/mol. The molecule has 84 valence electrons. The average molecular weight is 233 g/mol. The van der Waals surface area contributed by atoms with Gasteiger partial charge in [0.25, 0.3) is 0 Å². The number of fused-ring (bicyclic) bond motifs is 1. The molecule has 2 aromatic heterocycles. The topological polar surface area (TPSA) is 40.7 Å². The first-order chi connectivity index (χ1) is 7.84. The highest BCUT2D eigenvalue weighted by atomic mass is 32.1. The molecule has 0 spiro atoms. The Morgan fingerprint density at radius 3 is 3.12 bits per heavy atom. The van der Waals surface area contributed by atoms with Crippen LogP contribution in [0, 0.1) is 6.92 Å². The summed E-state index contributed by atoms with van der Waals surface area (Å²) in [6.07, 6.45) is 3.61. The predicted molar refractivity (Wildman–Crippen MR) is 68.1 cm³/mol. The van der Waals surface area contributed by atoms with Gasteiger partial charge >= 0.3 is 0 Å². The van der Waals surface area contributed by atoms with Crippen LogP contribution in [0.4, 0.5) is 5.82 Å². The van der Waals surface area contributed by atoms with E-state index in [-0.39, 0.29) is 0 Å². The van der Waals surface area contributed by atoms with Gasteiger partial charge in [-0.2, -0.15) is 5.10 Å². The summed E-state index contributed by atoms with van der Waals surface area (Å²) in [5, 5.41) is 13.1. The number of anilines is 1. The van der Waals surface area contributed by atoms with Crippen LogP contribution in [0.3, 0.4) is 0 Å². The van der Waals surface area contributed by atoms with Gasteiger partial charge in [-0.25, -0.2) is 0 Å². The van der Waals surface area contributed by atoms with Crippen molar-refractivity contribution < 1.29 is 0 Å². The summed E-state index contributed by atoms with van der Waals surface area (Å²) in [5.41, 5.74) is 3.90. The minimum atomic E-state index is 1.04. The highest BCUT2D eigenvalue weighted by Gasteiger charge is 2.17. The van der Waals surface area contributed by atoms with Gasteiger partial charge in [0.15, 0.2) is 5.82 Å².